The predicted molar refractivity (Wildman–Crippen MR) is 71.4 cm³/mol. The molecule has 0 amide bonds. The SMILES string of the molecule is CCCOCC(Cc1ccc(CC)s1)NC. The molecule has 1 unspecified atom stereocenters. The van der Waals surface area contributed by atoms with Crippen molar-refractivity contribution >= 4 is 11.3 Å². The summed E-state index contributed by atoms with van der Waals surface area (Å²) in [4.78, 5) is 2.93. The lowest BCUT2D eigenvalue weighted by atomic mass is 10.2. The second-order valence-electron chi connectivity index (χ2n) is 3.99. The molecule has 0 spiro atoms. The Morgan fingerprint density at radius 1 is 1.31 bits per heavy atom. The molecule has 0 bridgehead atoms. The number of hydrogen-bond donors (Lipinski definition) is 1. The standard InChI is InChI=1S/C13H23NOS/c1-4-8-15-10-11(14-3)9-13-7-6-12(5-2)16-13/h6-7,11,14H,4-5,8-10H2,1-3H3. The minimum absolute atomic E-state index is 0.440. The van der Waals surface area contributed by atoms with Crippen LogP contribution in [0.3, 0.4) is 0 Å². The van der Waals surface area contributed by atoms with E-state index in [9.17, 15) is 0 Å². The van der Waals surface area contributed by atoms with Crippen LogP contribution in [0, 0.1) is 0 Å². The number of rotatable bonds is 8. The van der Waals surface area contributed by atoms with Gasteiger partial charge in [0.1, 0.15) is 0 Å². The second kappa shape index (κ2) is 7.82. The minimum Gasteiger partial charge on any atom is -0.380 e. The lowest BCUT2D eigenvalue weighted by molar-refractivity contribution is 0.114. The van der Waals surface area contributed by atoms with Crippen molar-refractivity contribution in [3.8, 4) is 0 Å². The number of thiophene rings is 1. The van der Waals surface area contributed by atoms with Gasteiger partial charge >= 0.3 is 0 Å². The molecule has 0 radical (unpaired) electrons. The molecule has 0 saturated heterocycles. The van der Waals surface area contributed by atoms with Gasteiger partial charge in [-0.15, -0.1) is 11.3 Å². The van der Waals surface area contributed by atoms with Crippen LogP contribution < -0.4 is 5.32 Å². The van der Waals surface area contributed by atoms with E-state index in [4.69, 9.17) is 4.74 Å². The quantitative estimate of drug-likeness (QED) is 0.707. The molecule has 0 fully saturated rings. The topological polar surface area (TPSA) is 21.3 Å². The Morgan fingerprint density at radius 2 is 2.06 bits per heavy atom. The van der Waals surface area contributed by atoms with Gasteiger partial charge in [-0.05, 0) is 38.4 Å². The van der Waals surface area contributed by atoms with Crippen molar-refractivity contribution in [1.82, 2.24) is 5.32 Å². The van der Waals surface area contributed by atoms with Gasteiger partial charge in [0.2, 0.25) is 0 Å². The minimum atomic E-state index is 0.440. The Bertz CT molecular complexity index is 285. The van der Waals surface area contributed by atoms with Crippen LogP contribution in [0.4, 0.5) is 0 Å². The molecule has 1 atom stereocenters. The van der Waals surface area contributed by atoms with E-state index in [2.05, 4.69) is 31.3 Å². The summed E-state index contributed by atoms with van der Waals surface area (Å²) < 4.78 is 5.58. The van der Waals surface area contributed by atoms with E-state index < -0.39 is 0 Å². The summed E-state index contributed by atoms with van der Waals surface area (Å²) >= 11 is 1.92. The van der Waals surface area contributed by atoms with Crippen molar-refractivity contribution in [1.29, 1.82) is 0 Å². The zero-order valence-electron chi connectivity index (χ0n) is 10.6. The first kappa shape index (κ1) is 13.7. The molecular formula is C13H23NOS. The van der Waals surface area contributed by atoms with Crippen molar-refractivity contribution in [3.63, 3.8) is 0 Å². The predicted octanol–water partition coefficient (Wildman–Crippen LogP) is 2.87. The number of ether oxygens (including phenoxy) is 1. The molecule has 0 aliphatic heterocycles. The third-order valence-corrected chi connectivity index (χ3v) is 3.84. The van der Waals surface area contributed by atoms with Gasteiger partial charge in [-0.2, -0.15) is 0 Å². The van der Waals surface area contributed by atoms with Crippen LogP contribution in [-0.4, -0.2) is 26.3 Å². The summed E-state index contributed by atoms with van der Waals surface area (Å²) in [6.07, 6.45) is 3.31. The summed E-state index contributed by atoms with van der Waals surface area (Å²) in [7, 11) is 2.01. The van der Waals surface area contributed by atoms with Crippen molar-refractivity contribution in [2.45, 2.75) is 39.2 Å². The van der Waals surface area contributed by atoms with E-state index in [1.54, 1.807) is 0 Å². The van der Waals surface area contributed by atoms with E-state index in [1.807, 2.05) is 18.4 Å². The molecule has 1 rings (SSSR count). The number of nitrogens with one attached hydrogen (secondary N) is 1. The Kier molecular flexibility index (Phi) is 6.69. The van der Waals surface area contributed by atoms with E-state index in [0.717, 1.165) is 32.5 Å². The molecular weight excluding hydrogens is 218 g/mol. The fraction of sp³-hybridized carbons (Fsp3) is 0.692. The maximum Gasteiger partial charge on any atom is 0.0623 e. The van der Waals surface area contributed by atoms with E-state index in [-0.39, 0.29) is 0 Å². The van der Waals surface area contributed by atoms with Gasteiger partial charge in [0.15, 0.2) is 0 Å². The molecule has 1 N–H and O–H groups in total. The monoisotopic (exact) mass is 241 g/mol. The summed E-state index contributed by atoms with van der Waals surface area (Å²) in [5, 5.41) is 3.32. The average Bonchev–Trinajstić information content (AvgIpc) is 2.75. The van der Waals surface area contributed by atoms with Crippen LogP contribution >= 0.6 is 11.3 Å². The molecule has 92 valence electrons. The molecule has 16 heavy (non-hydrogen) atoms. The first-order valence-corrected chi connectivity index (χ1v) is 6.94. The van der Waals surface area contributed by atoms with Crippen molar-refractivity contribution in [2.24, 2.45) is 0 Å². The maximum atomic E-state index is 5.58. The van der Waals surface area contributed by atoms with Gasteiger partial charge in [0, 0.05) is 22.4 Å². The molecule has 3 heteroatoms. The zero-order valence-corrected chi connectivity index (χ0v) is 11.4. The normalized spacial score (nSPS) is 12.9. The van der Waals surface area contributed by atoms with Crippen LogP contribution in [0.15, 0.2) is 12.1 Å². The maximum absolute atomic E-state index is 5.58. The van der Waals surface area contributed by atoms with Crippen LogP contribution in [0.25, 0.3) is 0 Å². The first-order valence-electron chi connectivity index (χ1n) is 6.12. The van der Waals surface area contributed by atoms with Gasteiger partial charge in [0.25, 0.3) is 0 Å². The largest absolute Gasteiger partial charge is 0.380 e. The van der Waals surface area contributed by atoms with Crippen LogP contribution in [0.1, 0.15) is 30.0 Å². The van der Waals surface area contributed by atoms with Crippen LogP contribution in [-0.2, 0) is 17.6 Å². The molecule has 1 aromatic heterocycles. The highest BCUT2D eigenvalue weighted by atomic mass is 32.1. The lowest BCUT2D eigenvalue weighted by Gasteiger charge is -2.15. The smallest absolute Gasteiger partial charge is 0.0623 e. The summed E-state index contributed by atoms with van der Waals surface area (Å²) in [6, 6.07) is 4.92. The Morgan fingerprint density at radius 3 is 2.62 bits per heavy atom. The second-order valence-corrected chi connectivity index (χ2v) is 5.24. The zero-order chi connectivity index (χ0) is 11.8. The molecule has 2 nitrogen and oxygen atoms in total. The summed E-state index contributed by atoms with van der Waals surface area (Å²) in [5.41, 5.74) is 0. The van der Waals surface area contributed by atoms with Crippen molar-refractivity contribution in [3.05, 3.63) is 21.9 Å². The van der Waals surface area contributed by atoms with E-state index in [0.29, 0.717) is 6.04 Å². The molecule has 1 heterocycles. The van der Waals surface area contributed by atoms with E-state index >= 15 is 0 Å². The molecule has 0 aliphatic carbocycles. The van der Waals surface area contributed by atoms with Crippen LogP contribution in [0.5, 0.6) is 0 Å². The fourth-order valence-electron chi connectivity index (χ4n) is 1.58. The highest BCUT2D eigenvalue weighted by Gasteiger charge is 2.08. The van der Waals surface area contributed by atoms with Crippen LogP contribution in [0.2, 0.25) is 0 Å². The van der Waals surface area contributed by atoms with Gasteiger partial charge < -0.3 is 10.1 Å². The number of aryl methyl sites for hydroxylation is 1. The number of likely N-dealkylation sites (N-methyl/N-ethyl adjacent to an activating group) is 1. The first-order chi connectivity index (χ1) is 7.80. The van der Waals surface area contributed by atoms with Gasteiger partial charge in [-0.25, -0.2) is 0 Å². The Labute approximate surface area is 103 Å². The van der Waals surface area contributed by atoms with Gasteiger partial charge in [0.05, 0.1) is 6.61 Å². The molecule has 0 saturated carbocycles. The number of hydrogen-bond acceptors (Lipinski definition) is 3. The lowest BCUT2D eigenvalue weighted by Crippen LogP contribution is -2.32. The molecule has 0 aromatic carbocycles. The Hall–Kier alpha value is -0.380. The van der Waals surface area contributed by atoms with Crippen molar-refractivity contribution in [2.75, 3.05) is 20.3 Å². The summed E-state index contributed by atoms with van der Waals surface area (Å²) in [5.74, 6) is 0. The van der Waals surface area contributed by atoms with Crippen molar-refractivity contribution < 1.29 is 4.74 Å². The molecule has 1 aromatic rings. The third kappa shape index (κ3) is 4.64. The highest BCUT2D eigenvalue weighted by Crippen LogP contribution is 2.18. The third-order valence-electron chi connectivity index (χ3n) is 2.59. The van der Waals surface area contributed by atoms with Gasteiger partial charge in [-0.3, -0.25) is 0 Å². The van der Waals surface area contributed by atoms with Gasteiger partial charge in [-0.1, -0.05) is 13.8 Å². The summed E-state index contributed by atoms with van der Waals surface area (Å²) in [6.45, 7) is 6.02. The molecule has 0 aliphatic rings. The fourth-order valence-corrected chi connectivity index (χ4v) is 2.62. The highest BCUT2D eigenvalue weighted by molar-refractivity contribution is 7.11. The Balaban J connectivity index is 2.36. The average molecular weight is 241 g/mol. The van der Waals surface area contributed by atoms with E-state index in [1.165, 1.54) is 9.75 Å².